The molecule has 18 heavy (non-hydrogen) atoms. The minimum atomic E-state index is -1.03. The van der Waals surface area contributed by atoms with Crippen molar-refractivity contribution in [3.63, 3.8) is 0 Å². The molecule has 0 saturated heterocycles. The summed E-state index contributed by atoms with van der Waals surface area (Å²) in [7, 11) is 0. The highest BCUT2D eigenvalue weighted by Crippen LogP contribution is 2.12. The second-order valence-corrected chi connectivity index (χ2v) is 5.70. The van der Waals surface area contributed by atoms with Crippen molar-refractivity contribution in [2.24, 2.45) is 0 Å². The molecule has 0 N–H and O–H groups in total. The molecule has 0 unspecified atom stereocenters. The van der Waals surface area contributed by atoms with Crippen LogP contribution in [0.3, 0.4) is 0 Å². The van der Waals surface area contributed by atoms with E-state index in [1.807, 2.05) is 0 Å². The number of alkyl halides is 2. The minimum absolute atomic E-state index is 0.301. The van der Waals surface area contributed by atoms with Crippen molar-refractivity contribution in [1.29, 1.82) is 0 Å². The lowest BCUT2D eigenvalue weighted by molar-refractivity contribution is -0.143. The fourth-order valence-electron chi connectivity index (χ4n) is 1.92. The molecule has 0 heterocycles. The number of ether oxygens (including phenoxy) is 1. The first-order valence-electron chi connectivity index (χ1n) is 7.14. The summed E-state index contributed by atoms with van der Waals surface area (Å²) in [5, 5.41) is -1.03. The Hall–Kier alpha value is 0.0500. The molecule has 0 radical (unpaired) electrons. The van der Waals surface area contributed by atoms with Gasteiger partial charge in [0.1, 0.15) is 0 Å². The van der Waals surface area contributed by atoms with E-state index >= 15 is 0 Å². The molecule has 0 aromatic carbocycles. The molecule has 0 atom stereocenters. The summed E-state index contributed by atoms with van der Waals surface area (Å²) in [5.41, 5.74) is 0. The lowest BCUT2D eigenvalue weighted by atomic mass is 10.1. The Morgan fingerprint density at radius 3 is 1.78 bits per heavy atom. The highest BCUT2D eigenvalue weighted by atomic mass is 35.5. The van der Waals surface area contributed by atoms with Crippen LogP contribution in [0.25, 0.3) is 0 Å². The molecule has 0 aliphatic heterocycles. The monoisotopic (exact) mass is 296 g/mol. The maximum absolute atomic E-state index is 11.1. The van der Waals surface area contributed by atoms with E-state index in [9.17, 15) is 4.79 Å². The Balaban J connectivity index is 3.09. The molecule has 0 aromatic heterocycles. The van der Waals surface area contributed by atoms with Crippen molar-refractivity contribution in [2.45, 2.75) is 82.6 Å². The average Bonchev–Trinajstić information content (AvgIpc) is 2.30. The lowest BCUT2D eigenvalue weighted by Gasteiger charge is -2.04. The molecular weight excluding hydrogens is 271 g/mol. The zero-order valence-corrected chi connectivity index (χ0v) is 12.9. The average molecular weight is 297 g/mol. The van der Waals surface area contributed by atoms with Gasteiger partial charge in [-0.05, 0) is 6.42 Å². The molecule has 0 aromatic rings. The normalized spacial score (nSPS) is 10.9. The van der Waals surface area contributed by atoms with Gasteiger partial charge in [-0.1, -0.05) is 87.9 Å². The highest BCUT2D eigenvalue weighted by Gasteiger charge is 2.06. The first-order chi connectivity index (χ1) is 8.66. The maximum Gasteiger partial charge on any atom is 0.308 e. The Labute approximate surface area is 121 Å². The molecule has 0 aliphatic rings. The van der Waals surface area contributed by atoms with Crippen LogP contribution >= 0.6 is 23.2 Å². The first-order valence-corrected chi connectivity index (χ1v) is 8.01. The van der Waals surface area contributed by atoms with Gasteiger partial charge in [0, 0.05) is 6.42 Å². The number of esters is 1. The number of hydrogen-bond donors (Lipinski definition) is 0. The molecule has 0 bridgehead atoms. The van der Waals surface area contributed by atoms with Crippen molar-refractivity contribution >= 4 is 29.2 Å². The van der Waals surface area contributed by atoms with Gasteiger partial charge in [0.05, 0.1) is 0 Å². The third kappa shape index (κ3) is 14.1. The van der Waals surface area contributed by atoms with Crippen molar-refractivity contribution < 1.29 is 9.53 Å². The van der Waals surface area contributed by atoms with E-state index in [2.05, 4.69) is 11.7 Å². The van der Waals surface area contributed by atoms with Crippen LogP contribution in [0.4, 0.5) is 0 Å². The van der Waals surface area contributed by atoms with Crippen LogP contribution < -0.4 is 0 Å². The van der Waals surface area contributed by atoms with Crippen LogP contribution in [0, 0.1) is 0 Å². The molecule has 0 saturated carbocycles. The standard InChI is InChI=1S/C14H26Cl2O2/c1-2-3-4-5-6-7-8-9-10-11-12-13(17)18-14(15)16/h14H,2-12H2,1H3. The van der Waals surface area contributed by atoms with Crippen molar-refractivity contribution in [2.75, 3.05) is 0 Å². The van der Waals surface area contributed by atoms with Gasteiger partial charge in [-0.2, -0.15) is 0 Å². The zero-order valence-electron chi connectivity index (χ0n) is 11.4. The van der Waals surface area contributed by atoms with Gasteiger partial charge in [-0.25, -0.2) is 0 Å². The molecule has 0 amide bonds. The summed E-state index contributed by atoms with van der Waals surface area (Å²) in [6, 6.07) is 0. The van der Waals surface area contributed by atoms with Gasteiger partial charge >= 0.3 is 5.97 Å². The van der Waals surface area contributed by atoms with E-state index in [-0.39, 0.29) is 5.97 Å². The van der Waals surface area contributed by atoms with Gasteiger partial charge in [-0.15, -0.1) is 0 Å². The number of carbonyl (C=O) groups excluding carboxylic acids is 1. The molecule has 0 rings (SSSR count). The fraction of sp³-hybridized carbons (Fsp3) is 0.929. The quantitative estimate of drug-likeness (QED) is 0.266. The fourth-order valence-corrected chi connectivity index (χ4v) is 2.11. The summed E-state index contributed by atoms with van der Waals surface area (Å²) >= 11 is 10.7. The third-order valence-corrected chi connectivity index (χ3v) is 3.13. The number of rotatable bonds is 12. The second-order valence-electron chi connectivity index (χ2n) is 4.68. The van der Waals surface area contributed by atoms with Gasteiger partial charge < -0.3 is 4.74 Å². The molecule has 0 spiro atoms. The third-order valence-electron chi connectivity index (χ3n) is 2.95. The van der Waals surface area contributed by atoms with Crippen LogP contribution in [-0.4, -0.2) is 11.0 Å². The molecule has 108 valence electrons. The van der Waals surface area contributed by atoms with E-state index in [1.165, 1.54) is 51.4 Å². The minimum Gasteiger partial charge on any atom is -0.431 e. The summed E-state index contributed by atoms with van der Waals surface area (Å²) in [6.07, 6.45) is 12.9. The van der Waals surface area contributed by atoms with Gasteiger partial charge in [0.15, 0.2) is 0 Å². The van der Waals surface area contributed by atoms with Gasteiger partial charge in [-0.3, -0.25) is 4.79 Å². The Kier molecular flexibility index (Phi) is 13.5. The van der Waals surface area contributed by atoms with E-state index in [0.717, 1.165) is 12.8 Å². The molecule has 0 fully saturated rings. The number of unbranched alkanes of at least 4 members (excludes halogenated alkanes) is 9. The number of halogens is 2. The highest BCUT2D eigenvalue weighted by molar-refractivity contribution is 6.43. The number of hydrogen-bond acceptors (Lipinski definition) is 2. The van der Waals surface area contributed by atoms with Crippen LogP contribution in [-0.2, 0) is 9.53 Å². The van der Waals surface area contributed by atoms with Gasteiger partial charge in [0.2, 0.25) is 0 Å². The largest absolute Gasteiger partial charge is 0.431 e. The van der Waals surface area contributed by atoms with Crippen LogP contribution in [0.2, 0.25) is 0 Å². The summed E-state index contributed by atoms with van der Waals surface area (Å²) in [4.78, 5) is 11.1. The van der Waals surface area contributed by atoms with E-state index in [4.69, 9.17) is 23.2 Å². The zero-order chi connectivity index (χ0) is 13.6. The number of carbonyl (C=O) groups is 1. The molecule has 0 aliphatic carbocycles. The molecular formula is C14H26Cl2O2. The van der Waals surface area contributed by atoms with E-state index < -0.39 is 5.02 Å². The Bertz CT molecular complexity index is 196. The first kappa shape index (κ1) is 18.0. The summed E-state index contributed by atoms with van der Waals surface area (Å²) < 4.78 is 4.62. The lowest BCUT2D eigenvalue weighted by Crippen LogP contribution is -2.07. The second kappa shape index (κ2) is 13.5. The van der Waals surface area contributed by atoms with Crippen molar-refractivity contribution in [3.8, 4) is 0 Å². The van der Waals surface area contributed by atoms with Crippen LogP contribution in [0.15, 0.2) is 0 Å². The summed E-state index contributed by atoms with van der Waals surface area (Å²) in [6.45, 7) is 2.24. The predicted octanol–water partition coefficient (Wildman–Crippen LogP) is 5.60. The van der Waals surface area contributed by atoms with Crippen molar-refractivity contribution in [1.82, 2.24) is 0 Å². The molecule has 2 nitrogen and oxygen atoms in total. The Morgan fingerprint density at radius 2 is 1.33 bits per heavy atom. The van der Waals surface area contributed by atoms with E-state index in [1.54, 1.807) is 0 Å². The van der Waals surface area contributed by atoms with E-state index in [0.29, 0.717) is 6.42 Å². The van der Waals surface area contributed by atoms with Crippen LogP contribution in [0.1, 0.15) is 77.6 Å². The van der Waals surface area contributed by atoms with Crippen molar-refractivity contribution in [3.05, 3.63) is 0 Å². The summed E-state index contributed by atoms with van der Waals surface area (Å²) in [5.74, 6) is -0.301. The SMILES string of the molecule is CCCCCCCCCCCCC(=O)OC(Cl)Cl. The predicted molar refractivity (Wildman–Crippen MR) is 78.0 cm³/mol. The molecule has 4 heteroatoms. The van der Waals surface area contributed by atoms with Crippen LogP contribution in [0.5, 0.6) is 0 Å². The topological polar surface area (TPSA) is 26.3 Å². The Morgan fingerprint density at radius 1 is 0.889 bits per heavy atom. The van der Waals surface area contributed by atoms with Gasteiger partial charge in [0.25, 0.3) is 5.02 Å². The maximum atomic E-state index is 11.1. The smallest absolute Gasteiger partial charge is 0.308 e.